The predicted molar refractivity (Wildman–Crippen MR) is 108 cm³/mol. The van der Waals surface area contributed by atoms with Crippen LogP contribution < -0.4 is 15.4 Å². The smallest absolute Gasteiger partial charge is 0.250 e. The highest BCUT2D eigenvalue weighted by molar-refractivity contribution is 7.91. The van der Waals surface area contributed by atoms with E-state index < -0.39 is 10.0 Å². The van der Waals surface area contributed by atoms with Crippen LogP contribution in [0.2, 0.25) is 0 Å². The number of carbonyl (C=O) groups excluding carboxylic acids is 1. The van der Waals surface area contributed by atoms with Crippen LogP contribution >= 0.6 is 11.3 Å². The third-order valence-corrected chi connectivity index (χ3v) is 7.29. The molecule has 1 saturated heterocycles. The van der Waals surface area contributed by atoms with Gasteiger partial charge in [0.1, 0.15) is 4.21 Å². The van der Waals surface area contributed by atoms with Crippen molar-refractivity contribution in [3.05, 3.63) is 17.5 Å². The molecule has 0 bridgehead atoms. The molecule has 2 rings (SSSR count). The zero-order valence-electron chi connectivity index (χ0n) is 15.9. The molecular formula is C17H29N5O3S2. The van der Waals surface area contributed by atoms with E-state index in [-0.39, 0.29) is 12.5 Å². The van der Waals surface area contributed by atoms with Gasteiger partial charge in [0, 0.05) is 39.6 Å². The first-order valence-corrected chi connectivity index (χ1v) is 11.6. The van der Waals surface area contributed by atoms with E-state index in [1.807, 2.05) is 6.92 Å². The van der Waals surface area contributed by atoms with Crippen LogP contribution in [0.4, 0.5) is 0 Å². The van der Waals surface area contributed by atoms with E-state index in [1.54, 1.807) is 24.6 Å². The molecule has 0 aromatic carbocycles. The van der Waals surface area contributed by atoms with Gasteiger partial charge in [-0.25, -0.2) is 13.1 Å². The number of carbonyl (C=O) groups is 1. The maximum absolute atomic E-state index is 12.1. The van der Waals surface area contributed by atoms with Crippen LogP contribution in [0.15, 0.2) is 26.7 Å². The minimum atomic E-state index is -3.45. The molecule has 0 spiro atoms. The number of guanidine groups is 1. The fraction of sp³-hybridized carbons (Fsp3) is 0.647. The van der Waals surface area contributed by atoms with Gasteiger partial charge in [-0.1, -0.05) is 6.07 Å². The number of nitrogens with one attached hydrogen (secondary N) is 3. The molecule has 0 aliphatic carbocycles. The number of sulfonamides is 1. The number of hydrogen-bond acceptors (Lipinski definition) is 5. The van der Waals surface area contributed by atoms with Gasteiger partial charge in [0.15, 0.2) is 5.96 Å². The average molecular weight is 416 g/mol. The van der Waals surface area contributed by atoms with Gasteiger partial charge >= 0.3 is 0 Å². The fourth-order valence-corrected chi connectivity index (χ4v) is 5.03. The maximum Gasteiger partial charge on any atom is 0.250 e. The molecular weight excluding hydrogens is 386 g/mol. The number of nitrogens with zero attached hydrogens (tertiary/aromatic N) is 2. The first-order chi connectivity index (χ1) is 13.0. The summed E-state index contributed by atoms with van der Waals surface area (Å²) in [5, 5.41) is 7.68. The summed E-state index contributed by atoms with van der Waals surface area (Å²) in [4.78, 5) is 18.3. The SMILES string of the molecule is CCNC(=NCCNS(=O)(=O)c1cccs1)N1CCC(CC(=O)NC)CC1. The Morgan fingerprint density at radius 2 is 2.11 bits per heavy atom. The molecule has 3 N–H and O–H groups in total. The molecule has 1 aromatic heterocycles. The van der Waals surface area contributed by atoms with Gasteiger partial charge in [0.2, 0.25) is 15.9 Å². The number of piperidine rings is 1. The molecule has 1 aliphatic heterocycles. The Bertz CT molecular complexity index is 711. The van der Waals surface area contributed by atoms with Crippen LogP contribution in [-0.2, 0) is 14.8 Å². The molecule has 2 heterocycles. The highest BCUT2D eigenvalue weighted by atomic mass is 32.2. The standard InChI is InChI=1S/C17H29N5O3S2/c1-3-19-17(22-10-6-14(7-11-22)13-15(23)18-2)20-8-9-21-27(24,25)16-5-4-12-26-16/h4-5,12,14,21H,3,6-11,13H2,1-2H3,(H,18,23)(H,19,20). The maximum atomic E-state index is 12.1. The number of amides is 1. The van der Waals surface area contributed by atoms with Crippen molar-refractivity contribution < 1.29 is 13.2 Å². The second-order valence-corrected chi connectivity index (χ2v) is 9.31. The number of aliphatic imine (C=N–C) groups is 1. The third-order valence-electron chi connectivity index (χ3n) is 4.43. The molecule has 1 aliphatic rings. The van der Waals surface area contributed by atoms with E-state index >= 15 is 0 Å². The molecule has 0 radical (unpaired) electrons. The molecule has 10 heteroatoms. The first kappa shape index (κ1) is 21.6. The van der Waals surface area contributed by atoms with Crippen LogP contribution in [0, 0.1) is 5.92 Å². The van der Waals surface area contributed by atoms with Crippen LogP contribution in [0.1, 0.15) is 26.2 Å². The molecule has 1 aromatic rings. The highest BCUT2D eigenvalue weighted by Crippen LogP contribution is 2.20. The average Bonchev–Trinajstić information content (AvgIpc) is 3.20. The largest absolute Gasteiger partial charge is 0.359 e. The summed E-state index contributed by atoms with van der Waals surface area (Å²) in [6.07, 6.45) is 2.47. The van der Waals surface area contributed by atoms with Gasteiger partial charge in [-0.15, -0.1) is 11.3 Å². The van der Waals surface area contributed by atoms with Gasteiger partial charge in [-0.05, 0) is 37.1 Å². The van der Waals surface area contributed by atoms with Crippen LogP contribution in [0.5, 0.6) is 0 Å². The molecule has 1 amide bonds. The Morgan fingerprint density at radius 1 is 1.37 bits per heavy atom. The van der Waals surface area contributed by atoms with Crippen molar-refractivity contribution in [2.45, 2.75) is 30.4 Å². The topological polar surface area (TPSA) is 103 Å². The van der Waals surface area contributed by atoms with Crippen molar-refractivity contribution in [3.8, 4) is 0 Å². The summed E-state index contributed by atoms with van der Waals surface area (Å²) in [6.45, 7) is 5.06. The molecule has 0 unspecified atom stereocenters. The zero-order chi connectivity index (χ0) is 19.7. The summed E-state index contributed by atoms with van der Waals surface area (Å²) in [5.41, 5.74) is 0. The highest BCUT2D eigenvalue weighted by Gasteiger charge is 2.23. The third kappa shape index (κ3) is 6.78. The van der Waals surface area contributed by atoms with Crippen molar-refractivity contribution in [1.82, 2.24) is 20.3 Å². The lowest BCUT2D eigenvalue weighted by Crippen LogP contribution is -2.46. The van der Waals surface area contributed by atoms with Crippen LogP contribution in [-0.4, -0.2) is 65.0 Å². The van der Waals surface area contributed by atoms with Crippen molar-refractivity contribution in [2.24, 2.45) is 10.9 Å². The summed E-state index contributed by atoms with van der Waals surface area (Å²) in [5.74, 6) is 1.29. The number of likely N-dealkylation sites (tertiary alicyclic amines) is 1. The molecule has 0 saturated carbocycles. The summed E-state index contributed by atoms with van der Waals surface area (Å²) >= 11 is 1.20. The van der Waals surface area contributed by atoms with Gasteiger partial charge in [-0.2, -0.15) is 0 Å². The lowest BCUT2D eigenvalue weighted by Gasteiger charge is -2.34. The Hall–Kier alpha value is -1.65. The predicted octanol–water partition coefficient (Wildman–Crippen LogP) is 0.840. The van der Waals surface area contributed by atoms with Crippen molar-refractivity contribution in [3.63, 3.8) is 0 Å². The minimum absolute atomic E-state index is 0.0899. The summed E-state index contributed by atoms with van der Waals surface area (Å²) < 4.78 is 27.1. The van der Waals surface area contributed by atoms with E-state index in [0.717, 1.165) is 38.4 Å². The fourth-order valence-electron chi connectivity index (χ4n) is 2.97. The minimum Gasteiger partial charge on any atom is -0.359 e. The van der Waals surface area contributed by atoms with E-state index in [9.17, 15) is 13.2 Å². The van der Waals surface area contributed by atoms with E-state index in [0.29, 0.717) is 23.1 Å². The summed E-state index contributed by atoms with van der Waals surface area (Å²) in [7, 11) is -1.78. The second kappa shape index (κ2) is 10.6. The van der Waals surface area contributed by atoms with Crippen LogP contribution in [0.3, 0.4) is 0 Å². The quantitative estimate of drug-likeness (QED) is 0.332. The van der Waals surface area contributed by atoms with E-state index in [1.165, 1.54) is 11.3 Å². The van der Waals surface area contributed by atoms with Crippen LogP contribution in [0.25, 0.3) is 0 Å². The van der Waals surface area contributed by atoms with Crippen molar-refractivity contribution >= 4 is 33.2 Å². The Labute approximate surface area is 165 Å². The second-order valence-electron chi connectivity index (χ2n) is 6.37. The molecule has 152 valence electrons. The Balaban J connectivity index is 1.83. The normalized spacial score (nSPS) is 16.4. The Morgan fingerprint density at radius 3 is 2.70 bits per heavy atom. The van der Waals surface area contributed by atoms with Crippen molar-refractivity contribution in [1.29, 1.82) is 0 Å². The lowest BCUT2D eigenvalue weighted by molar-refractivity contribution is -0.121. The first-order valence-electron chi connectivity index (χ1n) is 9.23. The van der Waals surface area contributed by atoms with Crippen molar-refractivity contribution in [2.75, 3.05) is 39.8 Å². The number of rotatable bonds is 8. The lowest BCUT2D eigenvalue weighted by atomic mass is 9.93. The summed E-state index contributed by atoms with van der Waals surface area (Å²) in [6, 6.07) is 3.30. The van der Waals surface area contributed by atoms with Gasteiger partial charge in [0.25, 0.3) is 0 Å². The zero-order valence-corrected chi connectivity index (χ0v) is 17.5. The monoisotopic (exact) mass is 415 g/mol. The molecule has 8 nitrogen and oxygen atoms in total. The number of thiophene rings is 1. The van der Waals surface area contributed by atoms with Gasteiger partial charge < -0.3 is 15.5 Å². The van der Waals surface area contributed by atoms with E-state index in [2.05, 4.69) is 25.2 Å². The number of hydrogen-bond donors (Lipinski definition) is 3. The van der Waals surface area contributed by atoms with Gasteiger partial charge in [0.05, 0.1) is 6.54 Å². The molecule has 1 fully saturated rings. The molecule has 0 atom stereocenters. The van der Waals surface area contributed by atoms with E-state index in [4.69, 9.17) is 0 Å². The van der Waals surface area contributed by atoms with Gasteiger partial charge in [-0.3, -0.25) is 9.79 Å². The Kier molecular flexibility index (Phi) is 8.52. The molecule has 27 heavy (non-hydrogen) atoms.